The number of hydrogen-bond donors (Lipinski definition) is 2. The second kappa shape index (κ2) is 4.84. The normalized spacial score (nSPS) is 14.9. The van der Waals surface area contributed by atoms with Gasteiger partial charge in [-0.25, -0.2) is 0 Å². The highest BCUT2D eigenvalue weighted by atomic mass is 16.2. The number of hydrogen-bond acceptors (Lipinski definition) is 2. The zero-order valence-electron chi connectivity index (χ0n) is 8.30. The molecule has 2 amide bonds. The molecule has 0 radical (unpaired) electrons. The van der Waals surface area contributed by atoms with Gasteiger partial charge in [-0.2, -0.15) is 0 Å². The molecule has 1 atom stereocenters. The van der Waals surface area contributed by atoms with Crippen molar-refractivity contribution in [2.45, 2.75) is 39.5 Å². The van der Waals surface area contributed by atoms with Gasteiger partial charge < -0.3 is 11.5 Å². The van der Waals surface area contributed by atoms with Crippen molar-refractivity contribution in [3.05, 3.63) is 0 Å². The average Bonchev–Trinajstić information content (AvgIpc) is 2.02. The third-order valence-corrected chi connectivity index (χ3v) is 2.44. The van der Waals surface area contributed by atoms with Crippen molar-refractivity contribution in [3.63, 3.8) is 0 Å². The third-order valence-electron chi connectivity index (χ3n) is 2.44. The van der Waals surface area contributed by atoms with Crippen LogP contribution in [-0.2, 0) is 9.59 Å². The summed E-state index contributed by atoms with van der Waals surface area (Å²) in [5.74, 6) is -0.884. The van der Waals surface area contributed by atoms with Gasteiger partial charge >= 0.3 is 0 Å². The minimum absolute atomic E-state index is 0.0622. The lowest BCUT2D eigenvalue weighted by Crippen LogP contribution is -2.40. The molecule has 0 aliphatic rings. The Morgan fingerprint density at radius 2 is 1.77 bits per heavy atom. The number of primary amides is 2. The van der Waals surface area contributed by atoms with Crippen LogP contribution >= 0.6 is 0 Å². The highest BCUT2D eigenvalue weighted by molar-refractivity contribution is 5.87. The molecule has 0 aromatic heterocycles. The summed E-state index contributed by atoms with van der Waals surface area (Å²) in [7, 11) is 0. The van der Waals surface area contributed by atoms with Crippen LogP contribution in [0.1, 0.15) is 39.5 Å². The summed E-state index contributed by atoms with van der Waals surface area (Å²) in [5, 5.41) is 0. The smallest absolute Gasteiger partial charge is 0.224 e. The Bertz CT molecular complexity index is 204. The van der Waals surface area contributed by atoms with E-state index in [1.54, 1.807) is 0 Å². The lowest BCUT2D eigenvalue weighted by molar-refractivity contribution is -0.133. The number of carbonyl (C=O) groups is 2. The molecule has 0 aromatic rings. The number of carbonyl (C=O) groups excluding carboxylic acids is 2. The maximum absolute atomic E-state index is 11.2. The van der Waals surface area contributed by atoms with E-state index in [1.165, 1.54) is 0 Å². The minimum Gasteiger partial charge on any atom is -0.370 e. The number of nitrogens with two attached hydrogens (primary N) is 2. The average molecular weight is 186 g/mol. The largest absolute Gasteiger partial charge is 0.370 e. The molecule has 0 heterocycles. The molecule has 0 rings (SSSR count). The Balaban J connectivity index is 4.64. The molecule has 4 nitrogen and oxygen atoms in total. The fourth-order valence-electron chi connectivity index (χ4n) is 1.59. The molecule has 4 heteroatoms. The van der Waals surface area contributed by atoms with Crippen LogP contribution in [0.5, 0.6) is 0 Å². The summed E-state index contributed by atoms with van der Waals surface area (Å²) in [4.78, 5) is 22.0. The molecule has 0 aliphatic heterocycles. The molecule has 0 bridgehead atoms. The van der Waals surface area contributed by atoms with Crippen LogP contribution in [0.2, 0.25) is 0 Å². The SMILES string of the molecule is CCCC(CC)(CC(N)=O)C(N)=O. The molecule has 13 heavy (non-hydrogen) atoms. The zero-order valence-corrected chi connectivity index (χ0v) is 8.30. The van der Waals surface area contributed by atoms with Gasteiger partial charge in [-0.3, -0.25) is 9.59 Å². The highest BCUT2D eigenvalue weighted by Crippen LogP contribution is 2.31. The van der Waals surface area contributed by atoms with Crippen LogP contribution in [0.25, 0.3) is 0 Å². The lowest BCUT2D eigenvalue weighted by atomic mass is 9.77. The van der Waals surface area contributed by atoms with Crippen LogP contribution in [0.4, 0.5) is 0 Å². The molecular formula is C9H18N2O2. The Kier molecular flexibility index (Phi) is 4.45. The molecule has 0 saturated carbocycles. The highest BCUT2D eigenvalue weighted by Gasteiger charge is 2.35. The summed E-state index contributed by atoms with van der Waals surface area (Å²) < 4.78 is 0. The first-order valence-corrected chi connectivity index (χ1v) is 4.56. The summed E-state index contributed by atoms with van der Waals surface area (Å²) in [6, 6.07) is 0. The van der Waals surface area contributed by atoms with Gasteiger partial charge in [-0.15, -0.1) is 0 Å². The summed E-state index contributed by atoms with van der Waals surface area (Å²) in [6.45, 7) is 3.80. The molecule has 0 aromatic carbocycles. The maximum Gasteiger partial charge on any atom is 0.224 e. The summed E-state index contributed by atoms with van der Waals surface area (Å²) in [5.41, 5.74) is 9.62. The van der Waals surface area contributed by atoms with Crippen molar-refractivity contribution >= 4 is 11.8 Å². The Morgan fingerprint density at radius 1 is 1.23 bits per heavy atom. The van der Waals surface area contributed by atoms with Crippen molar-refractivity contribution in [1.29, 1.82) is 0 Å². The van der Waals surface area contributed by atoms with Gasteiger partial charge in [0.2, 0.25) is 11.8 Å². The van der Waals surface area contributed by atoms with E-state index in [0.717, 1.165) is 6.42 Å². The molecule has 0 fully saturated rings. The van der Waals surface area contributed by atoms with Crippen molar-refractivity contribution in [2.75, 3.05) is 0 Å². The van der Waals surface area contributed by atoms with Gasteiger partial charge in [0.15, 0.2) is 0 Å². The van der Waals surface area contributed by atoms with E-state index in [0.29, 0.717) is 12.8 Å². The molecule has 0 saturated heterocycles. The first-order chi connectivity index (χ1) is 5.98. The van der Waals surface area contributed by atoms with Crippen molar-refractivity contribution in [3.8, 4) is 0 Å². The molecule has 4 N–H and O–H groups in total. The van der Waals surface area contributed by atoms with E-state index in [1.807, 2.05) is 13.8 Å². The lowest BCUT2D eigenvalue weighted by Gasteiger charge is -2.27. The van der Waals surface area contributed by atoms with Crippen LogP contribution in [-0.4, -0.2) is 11.8 Å². The first-order valence-electron chi connectivity index (χ1n) is 4.56. The van der Waals surface area contributed by atoms with E-state index in [4.69, 9.17) is 11.5 Å². The molecule has 1 unspecified atom stereocenters. The van der Waals surface area contributed by atoms with Gasteiger partial charge in [0.05, 0.1) is 5.41 Å². The maximum atomic E-state index is 11.2. The summed E-state index contributed by atoms with van der Waals surface area (Å²) in [6.07, 6.45) is 2.08. The first kappa shape index (κ1) is 11.9. The molecule has 76 valence electrons. The molecule has 0 aliphatic carbocycles. The predicted molar refractivity (Wildman–Crippen MR) is 50.6 cm³/mol. The Morgan fingerprint density at radius 3 is 2.00 bits per heavy atom. The second-order valence-corrected chi connectivity index (χ2v) is 3.39. The quantitative estimate of drug-likeness (QED) is 0.634. The van der Waals surface area contributed by atoms with Gasteiger partial charge in [0.1, 0.15) is 0 Å². The monoisotopic (exact) mass is 186 g/mol. The van der Waals surface area contributed by atoms with Gasteiger partial charge in [-0.05, 0) is 12.8 Å². The zero-order chi connectivity index (χ0) is 10.5. The standard InChI is InChI=1S/C9H18N2O2/c1-3-5-9(4-2,8(11)13)6-7(10)12/h3-6H2,1-2H3,(H2,10,12)(H2,11,13). The fraction of sp³-hybridized carbons (Fsp3) is 0.778. The van der Waals surface area contributed by atoms with E-state index in [2.05, 4.69) is 0 Å². The van der Waals surface area contributed by atoms with Gasteiger partial charge in [-0.1, -0.05) is 20.3 Å². The van der Waals surface area contributed by atoms with Gasteiger partial charge in [0.25, 0.3) is 0 Å². The number of amides is 2. The Labute approximate surface area is 78.7 Å². The van der Waals surface area contributed by atoms with E-state index >= 15 is 0 Å². The number of rotatable bonds is 6. The van der Waals surface area contributed by atoms with Crippen LogP contribution in [0, 0.1) is 5.41 Å². The molecular weight excluding hydrogens is 168 g/mol. The van der Waals surface area contributed by atoms with Crippen LogP contribution < -0.4 is 11.5 Å². The van der Waals surface area contributed by atoms with E-state index in [-0.39, 0.29) is 6.42 Å². The van der Waals surface area contributed by atoms with E-state index in [9.17, 15) is 9.59 Å². The third kappa shape index (κ3) is 3.05. The predicted octanol–water partition coefficient (Wildman–Crippen LogP) is 0.544. The topological polar surface area (TPSA) is 86.2 Å². The van der Waals surface area contributed by atoms with E-state index < -0.39 is 17.2 Å². The van der Waals surface area contributed by atoms with Crippen molar-refractivity contribution in [1.82, 2.24) is 0 Å². The van der Waals surface area contributed by atoms with Crippen LogP contribution in [0.15, 0.2) is 0 Å². The summed E-state index contributed by atoms with van der Waals surface area (Å²) >= 11 is 0. The fourth-order valence-corrected chi connectivity index (χ4v) is 1.59. The minimum atomic E-state index is -0.722. The van der Waals surface area contributed by atoms with Crippen molar-refractivity contribution in [2.24, 2.45) is 16.9 Å². The Hall–Kier alpha value is -1.06. The van der Waals surface area contributed by atoms with Crippen LogP contribution in [0.3, 0.4) is 0 Å². The van der Waals surface area contributed by atoms with Crippen molar-refractivity contribution < 1.29 is 9.59 Å². The second-order valence-electron chi connectivity index (χ2n) is 3.39. The van der Waals surface area contributed by atoms with Gasteiger partial charge in [0, 0.05) is 6.42 Å². The molecule has 0 spiro atoms.